The predicted octanol–water partition coefficient (Wildman–Crippen LogP) is 4.68. The van der Waals surface area contributed by atoms with Crippen molar-refractivity contribution in [2.75, 3.05) is 11.9 Å². The normalized spacial score (nSPS) is 11.2. The minimum absolute atomic E-state index is 0.0818. The van der Waals surface area contributed by atoms with Crippen LogP contribution >= 0.6 is 11.6 Å². The molecular formula is C16H13ClF3NO2. The second kappa shape index (κ2) is 6.91. The van der Waals surface area contributed by atoms with Crippen LogP contribution in [0.5, 0.6) is 5.75 Å². The Balaban J connectivity index is 2.01. The Bertz CT molecular complexity index is 717. The van der Waals surface area contributed by atoms with E-state index < -0.39 is 29.3 Å². The quantitative estimate of drug-likeness (QED) is 0.875. The number of benzene rings is 2. The third-order valence-corrected chi connectivity index (χ3v) is 3.36. The summed E-state index contributed by atoms with van der Waals surface area (Å²) < 4.78 is 43.3. The van der Waals surface area contributed by atoms with Gasteiger partial charge in [0, 0.05) is 5.69 Å². The molecule has 1 N–H and O–H groups in total. The van der Waals surface area contributed by atoms with Crippen LogP contribution in [0.25, 0.3) is 0 Å². The largest absolute Gasteiger partial charge is 0.484 e. The van der Waals surface area contributed by atoms with Crippen LogP contribution in [0.3, 0.4) is 0 Å². The third-order valence-electron chi connectivity index (χ3n) is 3.03. The Morgan fingerprint density at radius 3 is 2.57 bits per heavy atom. The number of hydrogen-bond acceptors (Lipinski definition) is 2. The van der Waals surface area contributed by atoms with Gasteiger partial charge < -0.3 is 10.1 Å². The molecule has 0 aromatic heterocycles. The molecule has 1 amide bonds. The van der Waals surface area contributed by atoms with E-state index >= 15 is 0 Å². The zero-order valence-electron chi connectivity index (χ0n) is 12.1. The molecule has 23 heavy (non-hydrogen) atoms. The van der Waals surface area contributed by atoms with Gasteiger partial charge in [-0.3, -0.25) is 4.79 Å². The van der Waals surface area contributed by atoms with E-state index in [2.05, 4.69) is 5.32 Å². The van der Waals surface area contributed by atoms with Crippen LogP contribution in [0.1, 0.15) is 11.1 Å². The number of anilines is 1. The monoisotopic (exact) mass is 343 g/mol. The third kappa shape index (κ3) is 4.63. The number of carbonyl (C=O) groups is 1. The molecule has 3 nitrogen and oxygen atoms in total. The van der Waals surface area contributed by atoms with Crippen LogP contribution in [-0.4, -0.2) is 12.5 Å². The minimum atomic E-state index is -4.58. The summed E-state index contributed by atoms with van der Waals surface area (Å²) in [5, 5.41) is 2.20. The van der Waals surface area contributed by atoms with Gasteiger partial charge in [-0.25, -0.2) is 0 Å². The Labute approximate surface area is 136 Å². The van der Waals surface area contributed by atoms with Crippen LogP contribution in [0.2, 0.25) is 5.02 Å². The molecule has 0 fully saturated rings. The van der Waals surface area contributed by atoms with Gasteiger partial charge in [-0.15, -0.1) is 0 Å². The summed E-state index contributed by atoms with van der Waals surface area (Å²) in [5.41, 5.74) is 0.482. The molecular weight excluding hydrogens is 331 g/mol. The van der Waals surface area contributed by atoms with E-state index in [1.807, 2.05) is 19.1 Å². The van der Waals surface area contributed by atoms with Gasteiger partial charge in [0.05, 0.1) is 10.6 Å². The van der Waals surface area contributed by atoms with Crippen LogP contribution in [0.4, 0.5) is 18.9 Å². The summed E-state index contributed by atoms with van der Waals surface area (Å²) in [7, 11) is 0. The van der Waals surface area contributed by atoms with Crippen molar-refractivity contribution in [1.82, 2.24) is 0 Å². The number of para-hydroxylation sites is 1. The number of rotatable bonds is 4. The van der Waals surface area contributed by atoms with E-state index in [4.69, 9.17) is 16.3 Å². The highest BCUT2D eigenvalue weighted by Crippen LogP contribution is 2.36. The molecule has 2 aromatic rings. The van der Waals surface area contributed by atoms with Crippen molar-refractivity contribution in [1.29, 1.82) is 0 Å². The second-order valence-corrected chi connectivity index (χ2v) is 5.20. The molecule has 0 aliphatic rings. The van der Waals surface area contributed by atoms with Crippen LogP contribution < -0.4 is 10.1 Å². The molecule has 7 heteroatoms. The van der Waals surface area contributed by atoms with Gasteiger partial charge >= 0.3 is 6.18 Å². The summed E-state index contributed by atoms with van der Waals surface area (Å²) >= 11 is 5.51. The minimum Gasteiger partial charge on any atom is -0.484 e. The van der Waals surface area contributed by atoms with Gasteiger partial charge in [0.15, 0.2) is 6.61 Å². The van der Waals surface area contributed by atoms with Crippen molar-refractivity contribution in [3.8, 4) is 5.75 Å². The molecule has 0 spiro atoms. The van der Waals surface area contributed by atoms with Crippen molar-refractivity contribution < 1.29 is 22.7 Å². The smallest absolute Gasteiger partial charge is 0.417 e. The molecule has 0 aliphatic carbocycles. The first-order valence-corrected chi connectivity index (χ1v) is 7.00. The molecule has 0 bridgehead atoms. The molecule has 2 rings (SSSR count). The predicted molar refractivity (Wildman–Crippen MR) is 81.8 cm³/mol. The zero-order chi connectivity index (χ0) is 17.0. The van der Waals surface area contributed by atoms with E-state index in [1.54, 1.807) is 12.1 Å². The topological polar surface area (TPSA) is 38.3 Å². The maximum atomic E-state index is 12.7. The van der Waals surface area contributed by atoms with Crippen molar-refractivity contribution in [3.05, 3.63) is 58.6 Å². The fourth-order valence-corrected chi connectivity index (χ4v) is 2.08. The van der Waals surface area contributed by atoms with E-state index in [9.17, 15) is 18.0 Å². The van der Waals surface area contributed by atoms with Crippen LogP contribution in [0.15, 0.2) is 42.5 Å². The first-order valence-electron chi connectivity index (χ1n) is 6.62. The molecule has 0 radical (unpaired) electrons. The van der Waals surface area contributed by atoms with Crippen LogP contribution in [-0.2, 0) is 11.0 Å². The summed E-state index contributed by atoms with van der Waals surface area (Å²) in [4.78, 5) is 11.8. The maximum absolute atomic E-state index is 12.7. The highest BCUT2D eigenvalue weighted by atomic mass is 35.5. The first kappa shape index (κ1) is 17.1. The summed E-state index contributed by atoms with van der Waals surface area (Å²) in [6.45, 7) is 1.42. The standard InChI is InChI=1S/C16H13ClF3NO2/c1-10-4-2-3-5-14(10)21-15(22)9-23-11-6-7-13(17)12(8-11)16(18,19)20/h2-8H,9H2,1H3,(H,21,22). The number of ether oxygens (including phenoxy) is 1. The molecule has 0 atom stereocenters. The summed E-state index contributed by atoms with van der Waals surface area (Å²) in [6.07, 6.45) is -4.58. The number of amides is 1. The van der Waals surface area contributed by atoms with Gasteiger partial charge in [0.25, 0.3) is 5.91 Å². The average Bonchev–Trinajstić information content (AvgIpc) is 2.47. The molecule has 0 heterocycles. The lowest BCUT2D eigenvalue weighted by atomic mass is 10.2. The van der Waals surface area contributed by atoms with Gasteiger partial charge in [0.2, 0.25) is 0 Å². The number of alkyl halides is 3. The SMILES string of the molecule is Cc1ccccc1NC(=O)COc1ccc(Cl)c(C(F)(F)F)c1. The molecule has 2 aromatic carbocycles. The molecule has 0 aliphatic heterocycles. The van der Waals surface area contributed by atoms with Gasteiger partial charge in [-0.05, 0) is 36.8 Å². The van der Waals surface area contributed by atoms with E-state index in [0.29, 0.717) is 5.69 Å². The fourth-order valence-electron chi connectivity index (χ4n) is 1.86. The molecule has 0 saturated carbocycles. The Morgan fingerprint density at radius 2 is 1.91 bits per heavy atom. The molecule has 122 valence electrons. The van der Waals surface area contributed by atoms with Crippen molar-refractivity contribution in [3.63, 3.8) is 0 Å². The lowest BCUT2D eigenvalue weighted by Crippen LogP contribution is -2.20. The van der Waals surface area contributed by atoms with Crippen LogP contribution in [0, 0.1) is 6.92 Å². The summed E-state index contributed by atoms with van der Waals surface area (Å²) in [5.74, 6) is -0.551. The number of carbonyl (C=O) groups excluding carboxylic acids is 1. The lowest BCUT2D eigenvalue weighted by Gasteiger charge is -2.12. The van der Waals surface area contributed by atoms with Gasteiger partial charge in [0.1, 0.15) is 5.75 Å². The molecule has 0 saturated heterocycles. The highest BCUT2D eigenvalue weighted by molar-refractivity contribution is 6.31. The summed E-state index contributed by atoms with van der Waals surface area (Å²) in [6, 6.07) is 10.3. The highest BCUT2D eigenvalue weighted by Gasteiger charge is 2.33. The second-order valence-electron chi connectivity index (χ2n) is 4.79. The number of hydrogen-bond donors (Lipinski definition) is 1. The van der Waals surface area contributed by atoms with Gasteiger partial charge in [-0.2, -0.15) is 13.2 Å². The fraction of sp³-hybridized carbons (Fsp3) is 0.188. The van der Waals surface area contributed by atoms with Gasteiger partial charge in [-0.1, -0.05) is 29.8 Å². The first-order chi connectivity index (χ1) is 10.8. The van der Waals surface area contributed by atoms with Crippen molar-refractivity contribution >= 4 is 23.2 Å². The Morgan fingerprint density at radius 1 is 1.22 bits per heavy atom. The number of halogens is 4. The Hall–Kier alpha value is -2.21. The zero-order valence-corrected chi connectivity index (χ0v) is 12.8. The Kier molecular flexibility index (Phi) is 5.15. The van der Waals surface area contributed by atoms with Crippen molar-refractivity contribution in [2.24, 2.45) is 0 Å². The molecule has 0 unspecified atom stereocenters. The maximum Gasteiger partial charge on any atom is 0.417 e. The van der Waals surface area contributed by atoms with E-state index in [0.717, 1.165) is 17.7 Å². The number of nitrogens with one attached hydrogen (secondary N) is 1. The van der Waals surface area contributed by atoms with E-state index in [-0.39, 0.29) is 5.75 Å². The lowest BCUT2D eigenvalue weighted by molar-refractivity contribution is -0.137. The average molecular weight is 344 g/mol. The number of aryl methyl sites for hydroxylation is 1. The van der Waals surface area contributed by atoms with E-state index in [1.165, 1.54) is 6.07 Å². The van der Waals surface area contributed by atoms with Crippen molar-refractivity contribution in [2.45, 2.75) is 13.1 Å².